The molecule has 0 aromatic heterocycles. The lowest BCUT2D eigenvalue weighted by Crippen LogP contribution is -2.62. The van der Waals surface area contributed by atoms with Gasteiger partial charge in [-0.25, -0.2) is 0 Å². The fraction of sp³-hybridized carbons (Fsp3) is 0.846. The van der Waals surface area contributed by atoms with Gasteiger partial charge in [0.2, 0.25) is 11.8 Å². The predicted octanol–water partition coefficient (Wildman–Crippen LogP) is 0.125. The first kappa shape index (κ1) is 12.0. The molecule has 1 atom stereocenters. The van der Waals surface area contributed by atoms with E-state index in [2.05, 4.69) is 0 Å². The number of carbonyl (C=O) groups excluding carboxylic acids is 2. The minimum absolute atomic E-state index is 0.135. The molecule has 3 aliphatic rings. The van der Waals surface area contributed by atoms with Crippen LogP contribution in [0.1, 0.15) is 38.5 Å². The van der Waals surface area contributed by atoms with Gasteiger partial charge in [0.05, 0.1) is 0 Å². The smallest absolute Gasteiger partial charge is 0.249 e. The molecule has 0 aromatic carbocycles. The van der Waals surface area contributed by atoms with Crippen LogP contribution in [0, 0.1) is 0 Å². The molecule has 5 nitrogen and oxygen atoms in total. The van der Waals surface area contributed by atoms with Crippen molar-refractivity contribution >= 4 is 11.8 Å². The topological polar surface area (TPSA) is 60.9 Å². The lowest BCUT2D eigenvalue weighted by Gasteiger charge is -2.44. The summed E-state index contributed by atoms with van der Waals surface area (Å²) in [6.45, 7) is 0.967. The Labute approximate surface area is 107 Å². The number of piperidine rings is 1. The lowest BCUT2D eigenvalue weighted by molar-refractivity contribution is -0.157. The second kappa shape index (κ2) is 4.23. The molecule has 1 saturated carbocycles. The van der Waals surface area contributed by atoms with E-state index < -0.39 is 12.1 Å². The second-order valence-electron chi connectivity index (χ2n) is 5.67. The summed E-state index contributed by atoms with van der Waals surface area (Å²) >= 11 is 0. The van der Waals surface area contributed by atoms with Crippen LogP contribution in [-0.2, 0) is 9.59 Å². The van der Waals surface area contributed by atoms with Gasteiger partial charge in [0, 0.05) is 19.1 Å². The molecule has 2 amide bonds. The van der Waals surface area contributed by atoms with Crippen LogP contribution in [0.2, 0.25) is 0 Å². The summed E-state index contributed by atoms with van der Waals surface area (Å²) in [5.74, 6) is -0.158. The minimum atomic E-state index is -0.624. The summed E-state index contributed by atoms with van der Waals surface area (Å²) < 4.78 is 0. The van der Waals surface area contributed by atoms with E-state index in [0.29, 0.717) is 12.6 Å². The number of amides is 2. The predicted molar refractivity (Wildman–Crippen MR) is 64.7 cm³/mol. The molecule has 3 fully saturated rings. The van der Waals surface area contributed by atoms with E-state index in [1.807, 2.05) is 4.90 Å². The Morgan fingerprint density at radius 3 is 2.56 bits per heavy atom. The molecule has 0 bridgehead atoms. The first-order valence-corrected chi connectivity index (χ1v) is 6.91. The van der Waals surface area contributed by atoms with E-state index in [-0.39, 0.29) is 11.8 Å². The minimum Gasteiger partial charge on any atom is -0.387 e. The molecular weight excluding hydrogens is 232 g/mol. The molecule has 0 aromatic rings. The molecule has 1 unspecified atom stereocenters. The van der Waals surface area contributed by atoms with Crippen molar-refractivity contribution in [1.82, 2.24) is 9.80 Å². The summed E-state index contributed by atoms with van der Waals surface area (Å²) in [6, 6.07) is 0.418. The van der Waals surface area contributed by atoms with Gasteiger partial charge < -0.3 is 14.9 Å². The van der Waals surface area contributed by atoms with Crippen molar-refractivity contribution in [2.75, 3.05) is 19.7 Å². The Bertz CT molecular complexity index is 380. The number of aliphatic hydroxyl groups excluding tert-OH is 1. The molecule has 3 rings (SSSR count). The maximum absolute atomic E-state index is 12.7. The normalized spacial score (nSPS) is 32.4. The zero-order valence-corrected chi connectivity index (χ0v) is 10.6. The lowest BCUT2D eigenvalue weighted by atomic mass is 9.85. The average molecular weight is 252 g/mol. The van der Waals surface area contributed by atoms with Crippen molar-refractivity contribution in [2.45, 2.75) is 50.1 Å². The molecule has 1 spiro atoms. The van der Waals surface area contributed by atoms with Crippen LogP contribution >= 0.6 is 0 Å². The van der Waals surface area contributed by atoms with Gasteiger partial charge in [-0.1, -0.05) is 0 Å². The highest BCUT2D eigenvalue weighted by Gasteiger charge is 2.54. The Morgan fingerprint density at radius 1 is 1.28 bits per heavy atom. The molecule has 2 heterocycles. The SMILES string of the molecule is O=C(CO)N1CCCC12CCCN(C1CC1)C2=O. The first-order valence-electron chi connectivity index (χ1n) is 6.91. The molecule has 18 heavy (non-hydrogen) atoms. The Hall–Kier alpha value is -1.10. The van der Waals surface area contributed by atoms with E-state index in [0.717, 1.165) is 45.1 Å². The van der Waals surface area contributed by atoms with E-state index in [1.165, 1.54) is 0 Å². The maximum Gasteiger partial charge on any atom is 0.249 e. The highest BCUT2D eigenvalue weighted by atomic mass is 16.3. The highest BCUT2D eigenvalue weighted by Crippen LogP contribution is 2.41. The van der Waals surface area contributed by atoms with E-state index in [9.17, 15) is 9.59 Å². The monoisotopic (exact) mass is 252 g/mol. The molecule has 2 aliphatic heterocycles. The van der Waals surface area contributed by atoms with E-state index in [1.54, 1.807) is 4.90 Å². The quantitative estimate of drug-likeness (QED) is 0.759. The van der Waals surface area contributed by atoms with Gasteiger partial charge in [0.1, 0.15) is 12.1 Å². The second-order valence-corrected chi connectivity index (χ2v) is 5.67. The van der Waals surface area contributed by atoms with Crippen LogP contribution < -0.4 is 0 Å². The van der Waals surface area contributed by atoms with E-state index in [4.69, 9.17) is 5.11 Å². The van der Waals surface area contributed by atoms with Gasteiger partial charge in [-0.15, -0.1) is 0 Å². The summed E-state index contributed by atoms with van der Waals surface area (Å²) in [5.41, 5.74) is -0.624. The van der Waals surface area contributed by atoms with Crippen LogP contribution in [0.25, 0.3) is 0 Å². The van der Waals surface area contributed by atoms with Crippen molar-refractivity contribution in [3.63, 3.8) is 0 Å². The van der Waals surface area contributed by atoms with Crippen molar-refractivity contribution in [2.24, 2.45) is 0 Å². The molecule has 100 valence electrons. The fourth-order valence-corrected chi connectivity index (χ4v) is 3.56. The fourth-order valence-electron chi connectivity index (χ4n) is 3.56. The zero-order chi connectivity index (χ0) is 12.8. The van der Waals surface area contributed by atoms with Gasteiger partial charge in [0.25, 0.3) is 0 Å². The number of nitrogens with zero attached hydrogens (tertiary/aromatic N) is 2. The number of aliphatic hydroxyl groups is 1. The highest BCUT2D eigenvalue weighted by molar-refractivity contribution is 5.93. The average Bonchev–Trinajstić information content (AvgIpc) is 3.13. The van der Waals surface area contributed by atoms with Crippen molar-refractivity contribution < 1.29 is 14.7 Å². The number of hydrogen-bond acceptors (Lipinski definition) is 3. The number of rotatable bonds is 2. The third kappa shape index (κ3) is 1.64. The number of likely N-dealkylation sites (tertiary alicyclic amines) is 2. The largest absolute Gasteiger partial charge is 0.387 e. The molecular formula is C13H20N2O3. The first-order chi connectivity index (χ1) is 8.69. The molecule has 1 N–H and O–H groups in total. The summed E-state index contributed by atoms with van der Waals surface area (Å²) in [5, 5.41) is 9.07. The van der Waals surface area contributed by atoms with Gasteiger partial charge >= 0.3 is 0 Å². The summed E-state index contributed by atoms with van der Waals surface area (Å²) in [6.07, 6.45) is 5.58. The van der Waals surface area contributed by atoms with Crippen LogP contribution in [-0.4, -0.2) is 58.0 Å². The van der Waals surface area contributed by atoms with Crippen molar-refractivity contribution in [3.05, 3.63) is 0 Å². The summed E-state index contributed by atoms with van der Waals surface area (Å²) in [4.78, 5) is 28.2. The molecule has 2 saturated heterocycles. The zero-order valence-electron chi connectivity index (χ0n) is 10.6. The maximum atomic E-state index is 12.7. The van der Waals surface area contributed by atoms with Crippen LogP contribution in [0.15, 0.2) is 0 Å². The van der Waals surface area contributed by atoms with Crippen LogP contribution in [0.4, 0.5) is 0 Å². The Balaban J connectivity index is 1.87. The third-order valence-corrected chi connectivity index (χ3v) is 4.56. The van der Waals surface area contributed by atoms with Gasteiger partial charge in [0.15, 0.2) is 0 Å². The standard InChI is InChI=1S/C13H20N2O3/c16-9-11(17)15-8-2-6-13(15)5-1-7-14(12(13)18)10-3-4-10/h10,16H,1-9H2. The van der Waals surface area contributed by atoms with E-state index >= 15 is 0 Å². The van der Waals surface area contributed by atoms with Gasteiger partial charge in [-0.3, -0.25) is 9.59 Å². The number of hydrogen-bond donors (Lipinski definition) is 1. The molecule has 0 radical (unpaired) electrons. The Kier molecular flexibility index (Phi) is 2.81. The van der Waals surface area contributed by atoms with Gasteiger partial charge in [-0.05, 0) is 38.5 Å². The van der Waals surface area contributed by atoms with Crippen molar-refractivity contribution in [3.8, 4) is 0 Å². The van der Waals surface area contributed by atoms with Crippen molar-refractivity contribution in [1.29, 1.82) is 0 Å². The molecule has 1 aliphatic carbocycles. The molecule has 5 heteroatoms. The summed E-state index contributed by atoms with van der Waals surface area (Å²) in [7, 11) is 0. The van der Waals surface area contributed by atoms with Gasteiger partial charge in [-0.2, -0.15) is 0 Å². The number of carbonyl (C=O) groups is 2. The van der Waals surface area contributed by atoms with Crippen LogP contribution in [0.3, 0.4) is 0 Å². The Morgan fingerprint density at radius 2 is 1.94 bits per heavy atom. The third-order valence-electron chi connectivity index (χ3n) is 4.56. The van der Waals surface area contributed by atoms with Crippen LogP contribution in [0.5, 0.6) is 0 Å².